The van der Waals surface area contributed by atoms with E-state index in [1.807, 2.05) is 25.1 Å². The molecule has 0 aliphatic heterocycles. The molecule has 13 nitrogen and oxygen atoms in total. The molecule has 3 aromatic rings. The van der Waals surface area contributed by atoms with Crippen molar-refractivity contribution in [3.05, 3.63) is 101 Å². The lowest BCUT2D eigenvalue weighted by Crippen LogP contribution is -2.13. The summed E-state index contributed by atoms with van der Waals surface area (Å²) in [5, 5.41) is 40.8. The minimum absolute atomic E-state index is 0.133. The summed E-state index contributed by atoms with van der Waals surface area (Å²) in [6.45, 7) is 22.4. The number of aryl methyl sites for hydroxylation is 1. The quantitative estimate of drug-likeness (QED) is 0.0537. The van der Waals surface area contributed by atoms with Crippen molar-refractivity contribution in [3.63, 3.8) is 0 Å². The van der Waals surface area contributed by atoms with Gasteiger partial charge >= 0.3 is 5.69 Å². The second-order valence-electron chi connectivity index (χ2n) is 12.6. The van der Waals surface area contributed by atoms with Crippen molar-refractivity contribution in [3.8, 4) is 11.5 Å². The van der Waals surface area contributed by atoms with Gasteiger partial charge in [-0.05, 0) is 75.3 Å². The van der Waals surface area contributed by atoms with Gasteiger partial charge in [0.25, 0.3) is 5.69 Å². The van der Waals surface area contributed by atoms with Crippen LogP contribution in [0.25, 0.3) is 0 Å². The number of anilines is 1. The number of nitro groups is 2. The summed E-state index contributed by atoms with van der Waals surface area (Å²) >= 11 is 0. The van der Waals surface area contributed by atoms with E-state index in [1.54, 1.807) is 30.1 Å². The first kappa shape index (κ1) is 41.5. The van der Waals surface area contributed by atoms with E-state index in [1.165, 1.54) is 6.07 Å². The largest absolute Gasteiger partial charge is 0.491 e. The van der Waals surface area contributed by atoms with Crippen molar-refractivity contribution in [1.82, 2.24) is 0 Å². The molecule has 2 unspecified atom stereocenters. The van der Waals surface area contributed by atoms with Crippen molar-refractivity contribution in [2.75, 3.05) is 18.1 Å². The summed E-state index contributed by atoms with van der Waals surface area (Å²) in [4.78, 5) is 23.4. The summed E-state index contributed by atoms with van der Waals surface area (Å²) in [7, 11) is 0. The summed E-state index contributed by atoms with van der Waals surface area (Å²) < 4.78 is 12.9. The van der Waals surface area contributed by atoms with Crippen LogP contribution in [0.5, 0.6) is 11.5 Å². The first-order valence-corrected chi connectivity index (χ1v) is 17.9. The van der Waals surface area contributed by atoms with Gasteiger partial charge in [0.2, 0.25) is 0 Å². The Morgan fingerprint density at radius 3 is 1.79 bits per heavy atom. The molecular weight excluding hydrogens is 662 g/mol. The zero-order chi connectivity index (χ0) is 38.0. The van der Waals surface area contributed by atoms with E-state index in [4.69, 9.17) is 14.6 Å². The van der Waals surface area contributed by atoms with Gasteiger partial charge in [0, 0.05) is 37.0 Å². The Hall–Kier alpha value is -4.94. The Bertz CT molecular complexity index is 1630. The number of unbranched alkanes of at least 4 members (excludes halogenated alkanes) is 2. The first-order chi connectivity index (χ1) is 25.1. The van der Waals surface area contributed by atoms with Gasteiger partial charge in [-0.25, -0.2) is 0 Å². The average Bonchev–Trinajstić information content (AvgIpc) is 3.14. The third-order valence-corrected chi connectivity index (χ3v) is 8.83. The third kappa shape index (κ3) is 12.1. The number of ether oxygens (including phenoxy) is 2. The highest BCUT2D eigenvalue weighted by atomic mass is 16.6. The van der Waals surface area contributed by atoms with Gasteiger partial charge in [0.1, 0.15) is 0 Å². The molecule has 0 amide bonds. The molecule has 2 atom stereocenters. The maximum Gasteiger partial charge on any atom is 0.303 e. The van der Waals surface area contributed by atoms with Crippen LogP contribution >= 0.6 is 0 Å². The molecular formula is C39H51N7O6. The first-order valence-electron chi connectivity index (χ1n) is 17.9. The number of rotatable bonds is 23. The fourth-order valence-corrected chi connectivity index (χ4v) is 5.43. The van der Waals surface area contributed by atoms with Crippen LogP contribution in [-0.4, -0.2) is 23.1 Å². The lowest BCUT2D eigenvalue weighted by Gasteiger charge is -2.20. The molecule has 0 N–H and O–H groups in total. The molecule has 0 bridgehead atoms. The molecule has 0 heterocycles. The van der Waals surface area contributed by atoms with Gasteiger partial charge in [0.05, 0.1) is 40.5 Å². The van der Waals surface area contributed by atoms with E-state index in [9.17, 15) is 20.2 Å². The molecule has 52 heavy (non-hydrogen) atoms. The Balaban J connectivity index is 2.16. The number of hydrogen-bond donors (Lipinski definition) is 0. The van der Waals surface area contributed by atoms with Gasteiger partial charge in [-0.3, -0.25) is 20.2 Å². The van der Waals surface area contributed by atoms with Crippen molar-refractivity contribution in [2.24, 2.45) is 32.3 Å². The average molecular weight is 714 g/mol. The van der Waals surface area contributed by atoms with E-state index < -0.39 is 21.2 Å². The second-order valence-corrected chi connectivity index (χ2v) is 12.6. The minimum Gasteiger partial charge on any atom is -0.491 e. The third-order valence-electron chi connectivity index (χ3n) is 8.83. The number of nitro benzene ring substituents is 2. The Morgan fingerprint density at radius 1 is 0.750 bits per heavy atom. The van der Waals surface area contributed by atoms with E-state index in [2.05, 4.69) is 56.9 Å². The smallest absolute Gasteiger partial charge is 0.303 e. The molecule has 0 saturated carbocycles. The van der Waals surface area contributed by atoms with E-state index in [0.717, 1.165) is 74.8 Å². The Morgan fingerprint density at radius 2 is 1.31 bits per heavy atom. The van der Waals surface area contributed by atoms with Crippen LogP contribution < -0.4 is 14.4 Å². The van der Waals surface area contributed by atoms with Crippen molar-refractivity contribution >= 4 is 39.8 Å². The molecule has 4 radical (unpaired) electrons. The van der Waals surface area contributed by atoms with Gasteiger partial charge in [0.15, 0.2) is 22.9 Å². The minimum atomic E-state index is -0.725. The van der Waals surface area contributed by atoms with Gasteiger partial charge in [-0.15, -0.1) is 10.2 Å². The number of hydrogen-bond acceptors (Lipinski definition) is 11. The Kier molecular flexibility index (Phi) is 17.1. The molecule has 0 saturated heterocycles. The normalized spacial score (nSPS) is 12.7. The molecule has 0 spiro atoms. The van der Waals surface area contributed by atoms with E-state index in [-0.39, 0.29) is 5.69 Å². The van der Waals surface area contributed by atoms with E-state index in [0.29, 0.717) is 53.6 Å². The highest BCUT2D eigenvalue weighted by Gasteiger charge is 2.21. The van der Waals surface area contributed by atoms with Crippen LogP contribution in [0.15, 0.2) is 69.0 Å². The van der Waals surface area contributed by atoms with Crippen LogP contribution in [0.4, 0.5) is 39.8 Å². The summed E-state index contributed by atoms with van der Waals surface area (Å²) in [6, 6.07) is 12.3. The van der Waals surface area contributed by atoms with Crippen molar-refractivity contribution < 1.29 is 19.3 Å². The summed E-state index contributed by atoms with van der Waals surface area (Å²) in [5.41, 5.74) is 2.01. The number of azo groups is 2. The van der Waals surface area contributed by atoms with Crippen LogP contribution in [0.2, 0.25) is 0 Å². The topological polar surface area (TPSA) is 157 Å². The molecule has 0 aliphatic rings. The molecule has 13 heteroatoms. The number of non-ortho nitro benzene ring substituents is 1. The van der Waals surface area contributed by atoms with Crippen LogP contribution in [0, 0.1) is 65.9 Å². The monoisotopic (exact) mass is 713 g/mol. The number of benzene rings is 3. The van der Waals surface area contributed by atoms with Crippen molar-refractivity contribution in [1.29, 1.82) is 0 Å². The molecule has 0 fully saturated rings. The van der Waals surface area contributed by atoms with Gasteiger partial charge in [-0.2, -0.15) is 10.2 Å². The van der Waals surface area contributed by atoms with Crippen LogP contribution in [-0.2, 0) is 0 Å². The van der Waals surface area contributed by atoms with Gasteiger partial charge < -0.3 is 14.4 Å². The second kappa shape index (κ2) is 21.4. The highest BCUT2D eigenvalue weighted by molar-refractivity contribution is 5.69. The molecule has 278 valence electrons. The maximum atomic E-state index is 11.8. The summed E-state index contributed by atoms with van der Waals surface area (Å²) in [6.07, 6.45) is 8.16. The fraction of sp³-hybridized carbons (Fsp3) is 0.436. The molecule has 0 aliphatic carbocycles. The lowest BCUT2D eigenvalue weighted by molar-refractivity contribution is -0.393. The highest BCUT2D eigenvalue weighted by Crippen LogP contribution is 2.44. The van der Waals surface area contributed by atoms with E-state index >= 15 is 0 Å². The predicted octanol–water partition coefficient (Wildman–Crippen LogP) is 12.6. The zero-order valence-electron chi connectivity index (χ0n) is 31.0. The van der Waals surface area contributed by atoms with Crippen LogP contribution in [0.3, 0.4) is 0 Å². The van der Waals surface area contributed by atoms with Gasteiger partial charge in [-0.1, -0.05) is 66.2 Å². The lowest BCUT2D eigenvalue weighted by atomic mass is 10.0. The number of nitrogens with zero attached hydrogens (tertiary/aromatic N) is 7. The summed E-state index contributed by atoms with van der Waals surface area (Å²) in [5.74, 6) is 1.36. The fourth-order valence-electron chi connectivity index (χ4n) is 5.43. The maximum absolute atomic E-state index is 11.8. The standard InChI is InChI=1S/C39H51N7O6/c1-8-14-16-29(10-3)26-51-37-23-31(40-42-35-21-19-33(45(47)48)25-36(35)46(49)50)24-38(52-27-30(11-4)17-15-9-2)39(37)43-41-34-20-18-32(22-28(34)7)44(12-5)13-6/h12-13,18-25,29-30H,5-6,8-11,14-17,26-27H2,1-4,7H3/b42-40+,43-41+. The molecule has 0 aromatic heterocycles. The molecule has 3 rings (SSSR count). The zero-order valence-corrected chi connectivity index (χ0v) is 31.0. The molecule has 3 aromatic carbocycles. The predicted molar refractivity (Wildman–Crippen MR) is 205 cm³/mol. The SMILES string of the molecule is [CH2][CH]N([CH][CH2])c1ccc(/N=N/c2c(OCC(CC)CCCC)cc(/N=N/c3ccc([N+](=O)[O-])cc3[N+](=O)[O-])cc2OCC(CC)CCCC)c(C)c1. The Labute approximate surface area is 307 Å². The van der Waals surface area contributed by atoms with Crippen molar-refractivity contribution in [2.45, 2.75) is 86.0 Å². The van der Waals surface area contributed by atoms with Crippen LogP contribution in [0.1, 0.15) is 84.6 Å².